The lowest BCUT2D eigenvalue weighted by molar-refractivity contribution is -0.150. The van der Waals surface area contributed by atoms with Crippen LogP contribution in [0, 0.1) is 5.92 Å². The Kier molecular flexibility index (Phi) is 6.24. The van der Waals surface area contributed by atoms with E-state index in [1.165, 1.54) is 5.57 Å². The van der Waals surface area contributed by atoms with Gasteiger partial charge in [0.15, 0.2) is 0 Å². The molecule has 114 valence electrons. The van der Waals surface area contributed by atoms with Crippen molar-refractivity contribution < 1.29 is 9.59 Å². The zero-order valence-electron chi connectivity index (χ0n) is 13.4. The van der Waals surface area contributed by atoms with Gasteiger partial charge in [-0.3, -0.25) is 9.59 Å². The van der Waals surface area contributed by atoms with Gasteiger partial charge in [-0.05, 0) is 26.2 Å². The van der Waals surface area contributed by atoms with Crippen LogP contribution in [-0.4, -0.2) is 35.3 Å². The molecule has 1 rings (SSSR count). The molecular formula is C16H28N2O2. The smallest absolute Gasteiger partial charge is 0.246 e. The van der Waals surface area contributed by atoms with Gasteiger partial charge in [0.2, 0.25) is 11.8 Å². The first kappa shape index (κ1) is 16.7. The van der Waals surface area contributed by atoms with Gasteiger partial charge in [-0.2, -0.15) is 0 Å². The Morgan fingerprint density at radius 3 is 2.50 bits per heavy atom. The zero-order chi connectivity index (χ0) is 15.3. The third-order valence-corrected chi connectivity index (χ3v) is 4.00. The molecule has 3 atom stereocenters. The van der Waals surface area contributed by atoms with E-state index in [-0.39, 0.29) is 29.8 Å². The maximum absolute atomic E-state index is 12.7. The summed E-state index contributed by atoms with van der Waals surface area (Å²) in [7, 11) is 0. The molecule has 1 aliphatic heterocycles. The maximum atomic E-state index is 12.7. The van der Waals surface area contributed by atoms with Gasteiger partial charge in [0.25, 0.3) is 0 Å². The van der Waals surface area contributed by atoms with E-state index in [9.17, 15) is 9.59 Å². The number of piperazine rings is 1. The van der Waals surface area contributed by atoms with Gasteiger partial charge in [0, 0.05) is 6.54 Å². The zero-order valence-corrected chi connectivity index (χ0v) is 13.4. The second-order valence-electron chi connectivity index (χ2n) is 5.95. The van der Waals surface area contributed by atoms with Crippen molar-refractivity contribution in [3.8, 4) is 0 Å². The number of allylic oxidation sites excluding steroid dienone is 1. The number of rotatable bonds is 6. The molecular weight excluding hydrogens is 252 g/mol. The molecule has 1 heterocycles. The highest BCUT2D eigenvalue weighted by molar-refractivity contribution is 5.97. The lowest BCUT2D eigenvalue weighted by Crippen LogP contribution is -2.64. The van der Waals surface area contributed by atoms with E-state index < -0.39 is 0 Å². The molecule has 0 aromatic heterocycles. The van der Waals surface area contributed by atoms with E-state index in [1.54, 1.807) is 4.90 Å². The minimum atomic E-state index is -0.369. The first-order chi connectivity index (χ1) is 9.42. The van der Waals surface area contributed by atoms with Crippen molar-refractivity contribution in [2.75, 3.05) is 6.54 Å². The minimum absolute atomic E-state index is 0.00101. The lowest BCUT2D eigenvalue weighted by atomic mass is 9.93. The van der Waals surface area contributed by atoms with Gasteiger partial charge in [0.05, 0.1) is 0 Å². The van der Waals surface area contributed by atoms with Crippen molar-refractivity contribution >= 4 is 11.8 Å². The van der Waals surface area contributed by atoms with Gasteiger partial charge in [-0.15, -0.1) is 0 Å². The van der Waals surface area contributed by atoms with E-state index in [0.29, 0.717) is 6.54 Å². The summed E-state index contributed by atoms with van der Waals surface area (Å²) in [6, 6.07) is -0.686. The van der Waals surface area contributed by atoms with Crippen LogP contribution in [0.2, 0.25) is 0 Å². The first-order valence-electron chi connectivity index (χ1n) is 7.66. The van der Waals surface area contributed by atoms with Crippen molar-refractivity contribution in [2.45, 2.75) is 66.0 Å². The van der Waals surface area contributed by atoms with Crippen molar-refractivity contribution in [3.63, 3.8) is 0 Å². The normalized spacial score (nSPS) is 24.4. The Morgan fingerprint density at radius 2 is 2.00 bits per heavy atom. The molecule has 1 aliphatic rings. The molecule has 0 aromatic carbocycles. The van der Waals surface area contributed by atoms with Crippen LogP contribution < -0.4 is 5.32 Å². The molecule has 0 spiro atoms. The number of hydrogen-bond acceptors (Lipinski definition) is 2. The fourth-order valence-electron chi connectivity index (χ4n) is 2.46. The second kappa shape index (κ2) is 7.46. The highest BCUT2D eigenvalue weighted by Gasteiger charge is 2.41. The van der Waals surface area contributed by atoms with Gasteiger partial charge < -0.3 is 10.2 Å². The summed E-state index contributed by atoms with van der Waals surface area (Å²) < 4.78 is 0. The number of carbonyl (C=O) groups excluding carboxylic acids is 2. The number of amides is 2. The predicted octanol–water partition coefficient (Wildman–Crippen LogP) is 2.49. The number of nitrogens with one attached hydrogen (secondary N) is 1. The summed E-state index contributed by atoms with van der Waals surface area (Å²) in [5.41, 5.74) is 1.17. The van der Waals surface area contributed by atoms with E-state index in [0.717, 1.165) is 19.3 Å². The van der Waals surface area contributed by atoms with Gasteiger partial charge in [0.1, 0.15) is 12.1 Å². The highest BCUT2D eigenvalue weighted by atomic mass is 16.2. The summed E-state index contributed by atoms with van der Waals surface area (Å²) in [5, 5.41) is 2.92. The van der Waals surface area contributed by atoms with Crippen LogP contribution in [0.1, 0.15) is 53.9 Å². The van der Waals surface area contributed by atoms with Crippen LogP contribution in [0.3, 0.4) is 0 Å². The Bertz CT molecular complexity index is 386. The lowest BCUT2D eigenvalue weighted by Gasteiger charge is -2.40. The molecule has 20 heavy (non-hydrogen) atoms. The number of hydrogen-bond donors (Lipinski definition) is 1. The number of nitrogens with zero attached hydrogens (tertiary/aromatic N) is 1. The van der Waals surface area contributed by atoms with E-state index in [2.05, 4.69) is 5.32 Å². The van der Waals surface area contributed by atoms with Gasteiger partial charge in [-0.1, -0.05) is 45.3 Å². The molecule has 1 fully saturated rings. The molecule has 0 aliphatic carbocycles. The second-order valence-corrected chi connectivity index (χ2v) is 5.95. The van der Waals surface area contributed by atoms with Gasteiger partial charge in [-0.25, -0.2) is 0 Å². The molecule has 0 radical (unpaired) electrons. The van der Waals surface area contributed by atoms with Crippen molar-refractivity contribution in [1.29, 1.82) is 0 Å². The third kappa shape index (κ3) is 3.84. The van der Waals surface area contributed by atoms with E-state index >= 15 is 0 Å². The summed E-state index contributed by atoms with van der Waals surface area (Å²) in [6.45, 7) is 10.7. The van der Waals surface area contributed by atoms with E-state index in [1.807, 2.05) is 40.7 Å². The SMILES string of the molecule is CCCC1C(=O)NC(C(C)CC)C(=O)N1CC=C(C)C. The first-order valence-corrected chi connectivity index (χ1v) is 7.66. The monoisotopic (exact) mass is 280 g/mol. The Balaban J connectivity index is 2.97. The van der Waals surface area contributed by atoms with Crippen LogP contribution in [0.15, 0.2) is 11.6 Å². The Morgan fingerprint density at radius 1 is 1.35 bits per heavy atom. The van der Waals surface area contributed by atoms with Crippen molar-refractivity contribution in [1.82, 2.24) is 10.2 Å². The third-order valence-electron chi connectivity index (χ3n) is 4.00. The summed E-state index contributed by atoms with van der Waals surface area (Å²) in [4.78, 5) is 26.7. The predicted molar refractivity (Wildman–Crippen MR) is 81.2 cm³/mol. The molecule has 0 saturated carbocycles. The molecule has 4 heteroatoms. The Labute approximate surface area is 122 Å². The minimum Gasteiger partial charge on any atom is -0.342 e. The number of carbonyl (C=O) groups is 2. The van der Waals surface area contributed by atoms with Gasteiger partial charge >= 0.3 is 0 Å². The largest absolute Gasteiger partial charge is 0.342 e. The molecule has 2 amide bonds. The Hall–Kier alpha value is -1.32. The van der Waals surface area contributed by atoms with Crippen LogP contribution in [0.4, 0.5) is 0 Å². The van der Waals surface area contributed by atoms with Crippen LogP contribution in [0.25, 0.3) is 0 Å². The van der Waals surface area contributed by atoms with Crippen LogP contribution >= 0.6 is 0 Å². The van der Waals surface area contributed by atoms with Crippen LogP contribution in [0.5, 0.6) is 0 Å². The average Bonchev–Trinajstić information content (AvgIpc) is 2.41. The molecule has 1 saturated heterocycles. The summed E-state index contributed by atoms with van der Waals surface area (Å²) in [6.07, 6.45) is 4.52. The maximum Gasteiger partial charge on any atom is 0.246 e. The topological polar surface area (TPSA) is 49.4 Å². The standard InChI is InChI=1S/C16H28N2O2/c1-6-8-13-15(19)17-14(12(5)7-2)16(20)18(13)10-9-11(3)4/h9,12-14H,6-8,10H2,1-5H3,(H,17,19). The summed E-state index contributed by atoms with van der Waals surface area (Å²) in [5.74, 6) is 0.233. The fraction of sp³-hybridized carbons (Fsp3) is 0.750. The quantitative estimate of drug-likeness (QED) is 0.760. The fourth-order valence-corrected chi connectivity index (χ4v) is 2.46. The van der Waals surface area contributed by atoms with E-state index in [4.69, 9.17) is 0 Å². The molecule has 0 bridgehead atoms. The highest BCUT2D eigenvalue weighted by Crippen LogP contribution is 2.20. The average molecular weight is 280 g/mol. The molecule has 1 N–H and O–H groups in total. The van der Waals surface area contributed by atoms with Crippen molar-refractivity contribution in [3.05, 3.63) is 11.6 Å². The van der Waals surface area contributed by atoms with Crippen molar-refractivity contribution in [2.24, 2.45) is 5.92 Å². The molecule has 0 aromatic rings. The van der Waals surface area contributed by atoms with Crippen LogP contribution in [-0.2, 0) is 9.59 Å². The summed E-state index contributed by atoms with van der Waals surface area (Å²) >= 11 is 0. The molecule has 3 unspecified atom stereocenters. The molecule has 4 nitrogen and oxygen atoms in total.